The van der Waals surface area contributed by atoms with Crippen LogP contribution in [-0.4, -0.2) is 23.9 Å². The molecule has 0 aliphatic carbocycles. The van der Waals surface area contributed by atoms with Crippen molar-refractivity contribution < 1.29 is 19.2 Å². The molecule has 2 aromatic carbocycles. The Balaban J connectivity index is 2.27. The smallest absolute Gasteiger partial charge is 0.269 e. The molecule has 0 spiro atoms. The summed E-state index contributed by atoms with van der Waals surface area (Å²) in [5.74, 6) is 0.992. The van der Waals surface area contributed by atoms with Crippen LogP contribution in [0.15, 0.2) is 48.5 Å². The lowest BCUT2D eigenvalue weighted by molar-refractivity contribution is -0.384. The van der Waals surface area contributed by atoms with E-state index in [2.05, 4.69) is 0 Å². The molecule has 0 amide bonds. The molecule has 0 aromatic heterocycles. The van der Waals surface area contributed by atoms with E-state index in [1.54, 1.807) is 6.08 Å². The maximum absolute atomic E-state index is 12.3. The molecule has 0 N–H and O–H groups in total. The number of carbonyl (C=O) groups is 1. The predicted molar refractivity (Wildman–Crippen MR) is 95.2 cm³/mol. The van der Waals surface area contributed by atoms with Crippen LogP contribution in [0, 0.1) is 10.1 Å². The Morgan fingerprint density at radius 2 is 1.60 bits per heavy atom. The average molecular weight is 341 g/mol. The van der Waals surface area contributed by atoms with Gasteiger partial charge in [0, 0.05) is 17.7 Å². The molecular formula is C19H19NO5. The number of rotatable bonds is 8. The molecule has 0 saturated carbocycles. The zero-order valence-electron chi connectivity index (χ0n) is 14.1. The molecule has 130 valence electrons. The summed E-state index contributed by atoms with van der Waals surface area (Å²) < 4.78 is 11.2. The second-order valence-corrected chi connectivity index (χ2v) is 5.04. The van der Waals surface area contributed by atoms with Crippen molar-refractivity contribution in [3.63, 3.8) is 0 Å². The van der Waals surface area contributed by atoms with E-state index in [1.165, 1.54) is 30.3 Å². The van der Waals surface area contributed by atoms with Gasteiger partial charge in [0.25, 0.3) is 5.69 Å². The standard InChI is InChI=1S/C19H19NO5/c1-3-24-18-6-5-7-19(25-4-2)16(18)12-13-17(21)14-8-10-15(11-9-14)20(22)23/h5-13H,3-4H2,1-2H3. The average Bonchev–Trinajstić information content (AvgIpc) is 2.61. The van der Waals surface area contributed by atoms with Gasteiger partial charge in [-0.2, -0.15) is 0 Å². The van der Waals surface area contributed by atoms with Gasteiger partial charge in [-0.05, 0) is 50.3 Å². The minimum atomic E-state index is -0.503. The van der Waals surface area contributed by atoms with Crippen molar-refractivity contribution in [1.29, 1.82) is 0 Å². The lowest BCUT2D eigenvalue weighted by Gasteiger charge is -2.12. The fraction of sp³-hybridized carbons (Fsp3) is 0.211. The van der Waals surface area contributed by atoms with Crippen LogP contribution in [0.2, 0.25) is 0 Å². The molecule has 0 saturated heterocycles. The number of non-ortho nitro benzene ring substituents is 1. The summed E-state index contributed by atoms with van der Waals surface area (Å²) in [7, 11) is 0. The number of hydrogen-bond donors (Lipinski definition) is 0. The molecule has 0 atom stereocenters. The quantitative estimate of drug-likeness (QED) is 0.310. The summed E-state index contributed by atoms with van der Waals surface area (Å²) in [4.78, 5) is 22.5. The van der Waals surface area contributed by atoms with Gasteiger partial charge in [-0.1, -0.05) is 6.07 Å². The summed E-state index contributed by atoms with van der Waals surface area (Å²) in [6, 6.07) is 10.9. The van der Waals surface area contributed by atoms with Gasteiger partial charge in [-0.15, -0.1) is 0 Å². The van der Waals surface area contributed by atoms with E-state index < -0.39 is 4.92 Å². The zero-order valence-corrected chi connectivity index (χ0v) is 14.1. The number of ether oxygens (including phenoxy) is 2. The lowest BCUT2D eigenvalue weighted by Crippen LogP contribution is -1.99. The Kier molecular flexibility index (Phi) is 6.28. The molecule has 6 heteroatoms. The Labute approximate surface area is 145 Å². The summed E-state index contributed by atoms with van der Waals surface area (Å²) in [6.45, 7) is 4.74. The van der Waals surface area contributed by atoms with Crippen molar-refractivity contribution in [2.24, 2.45) is 0 Å². The third-order valence-corrected chi connectivity index (χ3v) is 3.39. The second-order valence-electron chi connectivity index (χ2n) is 5.04. The van der Waals surface area contributed by atoms with E-state index >= 15 is 0 Å². The summed E-state index contributed by atoms with van der Waals surface area (Å²) >= 11 is 0. The highest BCUT2D eigenvalue weighted by Crippen LogP contribution is 2.30. The van der Waals surface area contributed by atoms with Crippen molar-refractivity contribution in [2.45, 2.75) is 13.8 Å². The van der Waals surface area contributed by atoms with E-state index in [0.29, 0.717) is 35.8 Å². The van der Waals surface area contributed by atoms with Crippen LogP contribution in [0.25, 0.3) is 6.08 Å². The van der Waals surface area contributed by atoms with E-state index in [4.69, 9.17) is 9.47 Å². The van der Waals surface area contributed by atoms with Crippen molar-refractivity contribution in [1.82, 2.24) is 0 Å². The first-order valence-electron chi connectivity index (χ1n) is 7.92. The summed E-state index contributed by atoms with van der Waals surface area (Å²) in [5, 5.41) is 10.7. The van der Waals surface area contributed by atoms with Crippen LogP contribution in [-0.2, 0) is 0 Å². The molecule has 0 heterocycles. The Bertz CT molecular complexity index is 757. The highest BCUT2D eigenvalue weighted by Gasteiger charge is 2.10. The molecule has 25 heavy (non-hydrogen) atoms. The topological polar surface area (TPSA) is 78.7 Å². The Hall–Kier alpha value is -3.15. The monoisotopic (exact) mass is 341 g/mol. The highest BCUT2D eigenvalue weighted by atomic mass is 16.6. The molecule has 0 aliphatic heterocycles. The molecule has 2 aromatic rings. The van der Waals surface area contributed by atoms with Gasteiger partial charge in [0.1, 0.15) is 11.5 Å². The van der Waals surface area contributed by atoms with Crippen LogP contribution >= 0.6 is 0 Å². The molecule has 0 fully saturated rings. The normalized spacial score (nSPS) is 10.6. The maximum Gasteiger partial charge on any atom is 0.269 e. The summed E-state index contributed by atoms with van der Waals surface area (Å²) in [5.41, 5.74) is 0.996. The van der Waals surface area contributed by atoms with Gasteiger partial charge in [0.2, 0.25) is 0 Å². The van der Waals surface area contributed by atoms with Gasteiger partial charge in [0.05, 0.1) is 23.7 Å². The summed E-state index contributed by atoms with van der Waals surface area (Å²) in [6.07, 6.45) is 3.04. The fourth-order valence-electron chi connectivity index (χ4n) is 2.25. The largest absolute Gasteiger partial charge is 0.493 e. The maximum atomic E-state index is 12.3. The van der Waals surface area contributed by atoms with Crippen LogP contribution in [0.3, 0.4) is 0 Å². The van der Waals surface area contributed by atoms with E-state index in [-0.39, 0.29) is 11.5 Å². The molecule has 6 nitrogen and oxygen atoms in total. The van der Waals surface area contributed by atoms with Crippen LogP contribution in [0.4, 0.5) is 5.69 Å². The van der Waals surface area contributed by atoms with Crippen LogP contribution in [0.1, 0.15) is 29.8 Å². The first kappa shape index (κ1) is 18.2. The second kappa shape index (κ2) is 8.63. The minimum absolute atomic E-state index is 0.0548. The van der Waals surface area contributed by atoms with E-state index in [9.17, 15) is 14.9 Å². The van der Waals surface area contributed by atoms with Crippen LogP contribution in [0.5, 0.6) is 11.5 Å². The van der Waals surface area contributed by atoms with Gasteiger partial charge in [-0.3, -0.25) is 14.9 Å². The van der Waals surface area contributed by atoms with Gasteiger partial charge < -0.3 is 9.47 Å². The number of allylic oxidation sites excluding steroid dienone is 1. The minimum Gasteiger partial charge on any atom is -0.493 e. The van der Waals surface area contributed by atoms with E-state index in [0.717, 1.165) is 0 Å². The first-order chi connectivity index (χ1) is 12.1. The molecule has 0 bridgehead atoms. The van der Waals surface area contributed by atoms with Crippen molar-refractivity contribution >= 4 is 17.5 Å². The lowest BCUT2D eigenvalue weighted by atomic mass is 10.1. The molecule has 2 rings (SSSR count). The number of ketones is 1. The number of hydrogen-bond acceptors (Lipinski definition) is 5. The Morgan fingerprint density at radius 3 is 2.08 bits per heavy atom. The predicted octanol–water partition coefficient (Wildman–Crippen LogP) is 4.29. The number of nitro groups is 1. The van der Waals surface area contributed by atoms with Gasteiger partial charge in [-0.25, -0.2) is 0 Å². The molecule has 0 unspecified atom stereocenters. The zero-order chi connectivity index (χ0) is 18.2. The Morgan fingerprint density at radius 1 is 1.04 bits per heavy atom. The third-order valence-electron chi connectivity index (χ3n) is 3.39. The SMILES string of the molecule is CCOc1cccc(OCC)c1C=CC(=O)c1ccc([N+](=O)[O-])cc1. The molecule has 0 aliphatic rings. The molecular weight excluding hydrogens is 322 g/mol. The number of benzene rings is 2. The number of nitro benzene ring substituents is 1. The highest BCUT2D eigenvalue weighted by molar-refractivity contribution is 6.07. The first-order valence-corrected chi connectivity index (χ1v) is 7.92. The number of carbonyl (C=O) groups excluding carboxylic acids is 1. The molecule has 0 radical (unpaired) electrons. The third kappa shape index (κ3) is 4.67. The van der Waals surface area contributed by atoms with Crippen LogP contribution < -0.4 is 9.47 Å². The van der Waals surface area contributed by atoms with E-state index in [1.807, 2.05) is 32.0 Å². The van der Waals surface area contributed by atoms with Crippen molar-refractivity contribution in [3.05, 3.63) is 69.8 Å². The fourth-order valence-corrected chi connectivity index (χ4v) is 2.25. The van der Waals surface area contributed by atoms with Crippen molar-refractivity contribution in [3.8, 4) is 11.5 Å². The van der Waals surface area contributed by atoms with Gasteiger partial charge in [0.15, 0.2) is 5.78 Å². The number of nitrogens with zero attached hydrogens (tertiary/aromatic N) is 1. The van der Waals surface area contributed by atoms with Gasteiger partial charge >= 0.3 is 0 Å². The van der Waals surface area contributed by atoms with Crippen molar-refractivity contribution in [2.75, 3.05) is 13.2 Å².